The van der Waals surface area contributed by atoms with E-state index in [9.17, 15) is 19.2 Å². The van der Waals surface area contributed by atoms with Crippen LogP contribution < -0.4 is 4.74 Å². The number of hydrogen-bond donors (Lipinski definition) is 0. The van der Waals surface area contributed by atoms with Crippen molar-refractivity contribution in [2.75, 3.05) is 13.7 Å². The zero-order valence-corrected chi connectivity index (χ0v) is 16.8. The van der Waals surface area contributed by atoms with Crippen molar-refractivity contribution in [2.24, 2.45) is 11.8 Å². The third-order valence-electron chi connectivity index (χ3n) is 5.95. The van der Waals surface area contributed by atoms with E-state index < -0.39 is 11.9 Å². The van der Waals surface area contributed by atoms with Gasteiger partial charge in [-0.05, 0) is 35.7 Å². The molecular weight excluding hydrogens is 386 g/mol. The zero-order chi connectivity index (χ0) is 21.3. The summed E-state index contributed by atoms with van der Waals surface area (Å²) in [7, 11) is 1.26. The second-order valence-corrected chi connectivity index (χ2v) is 7.74. The minimum atomic E-state index is -0.620. The van der Waals surface area contributed by atoms with Crippen LogP contribution in [0.25, 0.3) is 10.8 Å². The van der Waals surface area contributed by atoms with Gasteiger partial charge < -0.3 is 9.47 Å². The van der Waals surface area contributed by atoms with Crippen LogP contribution in [0.1, 0.15) is 42.5 Å². The van der Waals surface area contributed by atoms with E-state index in [4.69, 9.17) is 9.47 Å². The normalized spacial score (nSPS) is 20.9. The van der Waals surface area contributed by atoms with Crippen molar-refractivity contribution >= 4 is 34.5 Å². The number of methoxy groups -OCH3 is 1. The summed E-state index contributed by atoms with van der Waals surface area (Å²) in [6.07, 6.45) is 3.23. The first-order valence-corrected chi connectivity index (χ1v) is 10.2. The van der Waals surface area contributed by atoms with E-state index in [2.05, 4.69) is 0 Å². The van der Waals surface area contributed by atoms with Crippen molar-refractivity contribution in [2.45, 2.75) is 32.1 Å². The lowest BCUT2D eigenvalue weighted by atomic mass is 9.81. The van der Waals surface area contributed by atoms with Gasteiger partial charge in [-0.25, -0.2) is 4.79 Å². The fraction of sp³-hybridized carbons (Fsp3) is 0.391. The van der Waals surface area contributed by atoms with Crippen molar-refractivity contribution in [3.8, 4) is 5.75 Å². The fourth-order valence-corrected chi connectivity index (χ4v) is 4.40. The molecule has 2 aromatic rings. The number of rotatable bonds is 5. The highest BCUT2D eigenvalue weighted by Gasteiger charge is 2.47. The molecule has 7 nitrogen and oxygen atoms in total. The predicted molar refractivity (Wildman–Crippen MR) is 108 cm³/mol. The van der Waals surface area contributed by atoms with E-state index in [-0.39, 0.29) is 47.9 Å². The molecule has 1 saturated heterocycles. The van der Waals surface area contributed by atoms with Crippen LogP contribution in [0, 0.1) is 11.8 Å². The molecule has 1 aliphatic heterocycles. The number of carbonyl (C=O) groups is 4. The van der Waals surface area contributed by atoms with E-state index in [0.29, 0.717) is 0 Å². The molecule has 0 aromatic heterocycles. The first kappa shape index (κ1) is 20.1. The minimum Gasteiger partial charge on any atom is -0.465 e. The number of ether oxygens (including phenoxy) is 2. The van der Waals surface area contributed by atoms with Gasteiger partial charge in [0.2, 0.25) is 11.8 Å². The van der Waals surface area contributed by atoms with Gasteiger partial charge >= 0.3 is 11.9 Å². The molecular formula is C23H23NO6. The molecule has 2 atom stereocenters. The Bertz CT molecular complexity index is 1010. The zero-order valence-electron chi connectivity index (χ0n) is 16.8. The van der Waals surface area contributed by atoms with E-state index in [1.165, 1.54) is 12.0 Å². The second-order valence-electron chi connectivity index (χ2n) is 7.74. The van der Waals surface area contributed by atoms with Gasteiger partial charge in [0.05, 0.1) is 25.4 Å². The van der Waals surface area contributed by atoms with Gasteiger partial charge in [-0.2, -0.15) is 0 Å². The first-order chi connectivity index (χ1) is 14.5. The molecule has 2 aliphatic rings. The van der Waals surface area contributed by atoms with Crippen LogP contribution in [0.4, 0.5) is 0 Å². The monoisotopic (exact) mass is 409 g/mol. The Morgan fingerprint density at radius 1 is 1.00 bits per heavy atom. The molecule has 2 fully saturated rings. The molecule has 2 aromatic carbocycles. The van der Waals surface area contributed by atoms with E-state index >= 15 is 0 Å². The molecule has 2 amide bonds. The highest BCUT2D eigenvalue weighted by Crippen LogP contribution is 2.38. The molecule has 0 radical (unpaired) electrons. The summed E-state index contributed by atoms with van der Waals surface area (Å²) < 4.78 is 10.2. The van der Waals surface area contributed by atoms with Crippen molar-refractivity contribution in [3.05, 3.63) is 42.0 Å². The Hall–Kier alpha value is -3.22. The third kappa shape index (κ3) is 3.67. The Labute approximate surface area is 173 Å². The van der Waals surface area contributed by atoms with Gasteiger partial charge in [0.15, 0.2) is 0 Å². The number of imide groups is 1. The van der Waals surface area contributed by atoms with Crippen LogP contribution in [-0.2, 0) is 19.1 Å². The van der Waals surface area contributed by atoms with Crippen LogP contribution >= 0.6 is 0 Å². The molecule has 1 aliphatic carbocycles. The van der Waals surface area contributed by atoms with Gasteiger partial charge in [0.25, 0.3) is 0 Å². The lowest BCUT2D eigenvalue weighted by Gasteiger charge is -2.19. The minimum absolute atomic E-state index is 0.00929. The fourth-order valence-electron chi connectivity index (χ4n) is 4.40. The van der Waals surface area contributed by atoms with Crippen molar-refractivity contribution < 1.29 is 28.7 Å². The smallest absolute Gasteiger partial charge is 0.341 e. The number of nitrogens with zero attached hydrogens (tertiary/aromatic N) is 1. The van der Waals surface area contributed by atoms with Gasteiger partial charge in [0, 0.05) is 6.54 Å². The van der Waals surface area contributed by atoms with Crippen LogP contribution in [0.5, 0.6) is 5.75 Å². The van der Waals surface area contributed by atoms with Crippen molar-refractivity contribution in [1.29, 1.82) is 0 Å². The number of esters is 2. The van der Waals surface area contributed by atoms with E-state index in [1.807, 2.05) is 24.3 Å². The molecule has 0 N–H and O–H groups in total. The molecule has 7 heteroatoms. The van der Waals surface area contributed by atoms with Crippen LogP contribution in [0.15, 0.2) is 36.4 Å². The Morgan fingerprint density at radius 2 is 1.60 bits per heavy atom. The number of fused-ring (bicyclic) bond motifs is 2. The summed E-state index contributed by atoms with van der Waals surface area (Å²) in [6.45, 7) is -0.00929. The molecule has 0 bridgehead atoms. The summed E-state index contributed by atoms with van der Waals surface area (Å²) in [5.74, 6) is -1.99. The van der Waals surface area contributed by atoms with Gasteiger partial charge in [-0.15, -0.1) is 0 Å². The summed E-state index contributed by atoms with van der Waals surface area (Å²) in [4.78, 5) is 50.9. The molecule has 1 heterocycles. The highest BCUT2D eigenvalue weighted by molar-refractivity contribution is 6.05. The number of amides is 2. The highest BCUT2D eigenvalue weighted by atomic mass is 16.5. The first-order valence-electron chi connectivity index (χ1n) is 10.2. The lowest BCUT2D eigenvalue weighted by Crippen LogP contribution is -2.33. The van der Waals surface area contributed by atoms with Crippen molar-refractivity contribution in [3.63, 3.8) is 0 Å². The Kier molecular flexibility index (Phi) is 5.53. The number of likely N-dealkylation sites (tertiary alicyclic amines) is 1. The van der Waals surface area contributed by atoms with Gasteiger partial charge in [0.1, 0.15) is 11.3 Å². The molecule has 0 spiro atoms. The van der Waals surface area contributed by atoms with E-state index in [1.54, 1.807) is 12.1 Å². The van der Waals surface area contributed by atoms with Crippen LogP contribution in [-0.4, -0.2) is 42.3 Å². The summed E-state index contributed by atoms with van der Waals surface area (Å²) in [5, 5.41) is 1.62. The predicted octanol–water partition coefficient (Wildman–Crippen LogP) is 3.10. The summed E-state index contributed by atoms with van der Waals surface area (Å²) in [6, 6.07) is 10.6. The molecule has 30 heavy (non-hydrogen) atoms. The largest absolute Gasteiger partial charge is 0.465 e. The average Bonchev–Trinajstić information content (AvgIpc) is 3.01. The van der Waals surface area contributed by atoms with Crippen molar-refractivity contribution in [1.82, 2.24) is 4.90 Å². The third-order valence-corrected chi connectivity index (χ3v) is 5.95. The summed E-state index contributed by atoms with van der Waals surface area (Å²) in [5.41, 5.74) is 0.142. The van der Waals surface area contributed by atoms with Crippen LogP contribution in [0.2, 0.25) is 0 Å². The molecule has 156 valence electrons. The lowest BCUT2D eigenvalue weighted by molar-refractivity contribution is -0.141. The quantitative estimate of drug-likeness (QED) is 0.428. The number of carbonyl (C=O) groups excluding carboxylic acids is 4. The molecule has 1 saturated carbocycles. The number of benzene rings is 2. The van der Waals surface area contributed by atoms with E-state index in [0.717, 1.165) is 36.5 Å². The maximum atomic E-state index is 12.5. The average molecular weight is 409 g/mol. The summed E-state index contributed by atoms with van der Waals surface area (Å²) >= 11 is 0. The second kappa shape index (κ2) is 8.26. The topological polar surface area (TPSA) is 90.0 Å². The standard InChI is InChI=1S/C23H23NO6/c1-29-23(28)18-12-14-6-2-3-7-15(14)13-19(18)30-20(25)10-11-24-21(26)16-8-4-5-9-17(16)22(24)27/h2-3,6-7,12-13,16-17H,4-5,8-11H2,1H3/t16-,17+. The Morgan fingerprint density at radius 3 is 2.20 bits per heavy atom. The SMILES string of the molecule is COC(=O)c1cc2ccccc2cc1OC(=O)CCN1C(=O)[C@H]2CCCC[C@H]2C1=O. The maximum Gasteiger partial charge on any atom is 0.341 e. The van der Waals surface area contributed by atoms with Gasteiger partial charge in [-0.3, -0.25) is 19.3 Å². The van der Waals surface area contributed by atoms with Crippen LogP contribution in [0.3, 0.4) is 0 Å². The maximum absolute atomic E-state index is 12.5. The Balaban J connectivity index is 1.47. The van der Waals surface area contributed by atoms with Gasteiger partial charge in [-0.1, -0.05) is 37.1 Å². The molecule has 0 unspecified atom stereocenters. The molecule has 4 rings (SSSR count). The number of hydrogen-bond acceptors (Lipinski definition) is 6.